The zero-order valence-electron chi connectivity index (χ0n) is 19.6. The molecule has 33 heavy (non-hydrogen) atoms. The minimum Gasteiger partial charge on any atom is -0.497 e. The largest absolute Gasteiger partial charge is 0.497 e. The van der Waals surface area contributed by atoms with Gasteiger partial charge in [0.15, 0.2) is 0 Å². The molecule has 0 unspecified atom stereocenters. The van der Waals surface area contributed by atoms with Crippen molar-refractivity contribution in [2.75, 3.05) is 33.9 Å². The highest BCUT2D eigenvalue weighted by atomic mass is 16.5. The molecule has 1 amide bonds. The number of carbonyl (C=O) groups is 1. The van der Waals surface area contributed by atoms with Gasteiger partial charge in [-0.2, -0.15) is 0 Å². The fraction of sp³-hybridized carbons (Fsp3) is 0.462. The van der Waals surface area contributed by atoms with Gasteiger partial charge in [-0.15, -0.1) is 0 Å². The molecule has 0 radical (unpaired) electrons. The normalized spacial score (nSPS) is 17.3. The van der Waals surface area contributed by atoms with Gasteiger partial charge in [0.05, 0.1) is 18.1 Å². The van der Waals surface area contributed by atoms with Gasteiger partial charge in [0, 0.05) is 51.7 Å². The van der Waals surface area contributed by atoms with Crippen LogP contribution in [0.2, 0.25) is 0 Å². The van der Waals surface area contributed by atoms with E-state index >= 15 is 0 Å². The Kier molecular flexibility index (Phi) is 7.62. The molecule has 4 rings (SSSR count). The van der Waals surface area contributed by atoms with E-state index in [1.807, 2.05) is 35.2 Å². The molecule has 0 bridgehead atoms. The number of methoxy groups -OCH3 is 2. The topological polar surface area (TPSA) is 82.6 Å². The summed E-state index contributed by atoms with van der Waals surface area (Å²) in [6.45, 7) is 3.01. The number of hydrogen-bond donors (Lipinski definition) is 1. The number of piperidine rings is 1. The van der Waals surface area contributed by atoms with Crippen LogP contribution < -0.4 is 10.5 Å². The lowest BCUT2D eigenvalue weighted by molar-refractivity contribution is -0.132. The molecule has 3 aromatic rings. The van der Waals surface area contributed by atoms with Crippen molar-refractivity contribution in [2.45, 2.75) is 44.2 Å². The Bertz CT molecular complexity index is 1080. The van der Waals surface area contributed by atoms with Crippen molar-refractivity contribution in [3.63, 3.8) is 0 Å². The number of ether oxygens (including phenoxy) is 2. The second kappa shape index (κ2) is 10.8. The molecule has 2 N–H and O–H groups in total. The van der Waals surface area contributed by atoms with Gasteiger partial charge in [-0.3, -0.25) is 4.79 Å². The first-order chi connectivity index (χ1) is 16.1. The lowest BCUT2D eigenvalue weighted by Crippen LogP contribution is -2.40. The summed E-state index contributed by atoms with van der Waals surface area (Å²) in [5.41, 5.74) is 9.45. The van der Waals surface area contributed by atoms with Crippen LogP contribution in [0.15, 0.2) is 48.5 Å². The lowest BCUT2D eigenvalue weighted by Gasteiger charge is -2.33. The van der Waals surface area contributed by atoms with E-state index in [1.165, 1.54) is 0 Å². The minimum absolute atomic E-state index is 0.0945. The van der Waals surface area contributed by atoms with Crippen LogP contribution in [0.5, 0.6) is 5.75 Å². The summed E-state index contributed by atoms with van der Waals surface area (Å²) >= 11 is 0. The number of rotatable bonds is 9. The number of hydrogen-bond acceptors (Lipinski definition) is 5. The summed E-state index contributed by atoms with van der Waals surface area (Å²) in [4.78, 5) is 20.1. The average Bonchev–Trinajstić information content (AvgIpc) is 3.23. The van der Waals surface area contributed by atoms with E-state index in [2.05, 4.69) is 22.8 Å². The fourth-order valence-electron chi connectivity index (χ4n) is 4.73. The number of amides is 1. The van der Waals surface area contributed by atoms with Crippen LogP contribution in [-0.2, 0) is 16.1 Å². The van der Waals surface area contributed by atoms with Crippen molar-refractivity contribution < 1.29 is 14.3 Å². The van der Waals surface area contributed by atoms with E-state index in [0.717, 1.165) is 60.5 Å². The van der Waals surface area contributed by atoms with Crippen LogP contribution in [0, 0.1) is 0 Å². The highest BCUT2D eigenvalue weighted by molar-refractivity contribution is 5.78. The summed E-state index contributed by atoms with van der Waals surface area (Å²) in [5.74, 6) is 2.13. The van der Waals surface area contributed by atoms with Gasteiger partial charge in [0.1, 0.15) is 11.6 Å². The minimum atomic E-state index is -0.355. The number of nitrogens with two attached hydrogens (primary N) is 1. The Morgan fingerprint density at radius 3 is 2.88 bits per heavy atom. The Hall–Kier alpha value is -2.90. The maximum Gasteiger partial charge on any atom is 0.224 e. The second-order valence-corrected chi connectivity index (χ2v) is 8.72. The number of aromatic nitrogens is 2. The zero-order chi connectivity index (χ0) is 23.2. The standard InChI is InChI=1S/C26H34N4O3/c1-32-15-7-14-30-24-12-4-3-11-23(24)28-26(30)20-9-6-13-29(18-20)25(31)17-22(27)19-8-5-10-21(16-19)33-2/h3-5,8,10-12,16,20,22H,6-7,9,13-15,17-18,27H2,1-2H3/t20-,22+/m1/s1. The monoisotopic (exact) mass is 450 g/mol. The van der Waals surface area contributed by atoms with E-state index in [9.17, 15) is 4.79 Å². The molecule has 2 atom stereocenters. The van der Waals surface area contributed by atoms with Crippen LogP contribution >= 0.6 is 0 Å². The van der Waals surface area contributed by atoms with Crippen molar-refractivity contribution in [2.24, 2.45) is 5.73 Å². The number of para-hydroxylation sites is 2. The Balaban J connectivity index is 1.48. The summed E-state index contributed by atoms with van der Waals surface area (Å²) in [6, 6.07) is 15.5. The molecule has 2 heterocycles. The number of fused-ring (bicyclic) bond motifs is 1. The third-order valence-corrected chi connectivity index (χ3v) is 6.47. The van der Waals surface area contributed by atoms with Crippen LogP contribution in [-0.4, -0.2) is 54.3 Å². The summed E-state index contributed by atoms with van der Waals surface area (Å²) in [7, 11) is 3.36. The van der Waals surface area contributed by atoms with E-state index in [0.29, 0.717) is 13.2 Å². The molecule has 7 heteroatoms. The van der Waals surface area contributed by atoms with Gasteiger partial charge in [0.2, 0.25) is 5.91 Å². The molecule has 1 aliphatic heterocycles. The molecule has 0 spiro atoms. The number of imidazole rings is 1. The highest BCUT2D eigenvalue weighted by Crippen LogP contribution is 2.30. The lowest BCUT2D eigenvalue weighted by atomic mass is 9.96. The molecule has 1 aromatic heterocycles. The molecule has 2 aromatic carbocycles. The van der Waals surface area contributed by atoms with Crippen molar-refractivity contribution >= 4 is 16.9 Å². The summed E-state index contributed by atoms with van der Waals surface area (Å²) in [5, 5.41) is 0. The van der Waals surface area contributed by atoms with Gasteiger partial charge in [-0.05, 0) is 49.1 Å². The Morgan fingerprint density at radius 2 is 2.06 bits per heavy atom. The average molecular weight is 451 g/mol. The predicted octanol–water partition coefficient (Wildman–Crippen LogP) is 3.88. The van der Waals surface area contributed by atoms with E-state index in [4.69, 9.17) is 20.2 Å². The number of aryl methyl sites for hydroxylation is 1. The Morgan fingerprint density at radius 1 is 1.21 bits per heavy atom. The van der Waals surface area contributed by atoms with Crippen LogP contribution in [0.3, 0.4) is 0 Å². The Labute approximate surface area is 195 Å². The molecule has 7 nitrogen and oxygen atoms in total. The van der Waals surface area contributed by atoms with Crippen molar-refractivity contribution in [3.8, 4) is 5.75 Å². The van der Waals surface area contributed by atoms with Gasteiger partial charge in [0.25, 0.3) is 0 Å². The van der Waals surface area contributed by atoms with Crippen LogP contribution in [0.25, 0.3) is 11.0 Å². The first-order valence-corrected chi connectivity index (χ1v) is 11.7. The van der Waals surface area contributed by atoms with Crippen LogP contribution in [0.4, 0.5) is 0 Å². The predicted molar refractivity (Wildman–Crippen MR) is 129 cm³/mol. The smallest absolute Gasteiger partial charge is 0.224 e. The maximum atomic E-state index is 13.2. The molecular weight excluding hydrogens is 416 g/mol. The summed E-state index contributed by atoms with van der Waals surface area (Å²) in [6.07, 6.45) is 3.20. The van der Waals surface area contributed by atoms with E-state index < -0.39 is 0 Å². The molecule has 1 aliphatic rings. The van der Waals surface area contributed by atoms with Crippen molar-refractivity contribution in [1.29, 1.82) is 0 Å². The SMILES string of the molecule is COCCCn1c([C@@H]2CCCN(C(=O)C[C@H](N)c3cccc(OC)c3)C2)nc2ccccc21. The number of carbonyl (C=O) groups excluding carboxylic acids is 1. The quantitative estimate of drug-likeness (QED) is 0.500. The highest BCUT2D eigenvalue weighted by Gasteiger charge is 2.29. The molecule has 0 aliphatic carbocycles. The van der Waals surface area contributed by atoms with Crippen LogP contribution in [0.1, 0.15) is 49.0 Å². The van der Waals surface area contributed by atoms with Crippen molar-refractivity contribution in [1.82, 2.24) is 14.5 Å². The van der Waals surface area contributed by atoms with Gasteiger partial charge >= 0.3 is 0 Å². The first-order valence-electron chi connectivity index (χ1n) is 11.7. The molecule has 0 saturated carbocycles. The maximum absolute atomic E-state index is 13.2. The second-order valence-electron chi connectivity index (χ2n) is 8.72. The van der Waals surface area contributed by atoms with E-state index in [1.54, 1.807) is 14.2 Å². The number of likely N-dealkylation sites (tertiary alicyclic amines) is 1. The fourth-order valence-corrected chi connectivity index (χ4v) is 4.73. The van der Waals surface area contributed by atoms with Crippen molar-refractivity contribution in [3.05, 3.63) is 59.9 Å². The number of nitrogens with zero attached hydrogens (tertiary/aromatic N) is 3. The molecule has 1 fully saturated rings. The molecule has 1 saturated heterocycles. The summed E-state index contributed by atoms with van der Waals surface area (Å²) < 4.78 is 12.9. The van der Waals surface area contributed by atoms with Gasteiger partial charge in [-0.1, -0.05) is 24.3 Å². The molecular formula is C26H34N4O3. The first kappa shape index (κ1) is 23.3. The third-order valence-electron chi connectivity index (χ3n) is 6.47. The third kappa shape index (κ3) is 5.37. The molecule has 176 valence electrons. The number of benzene rings is 2. The van der Waals surface area contributed by atoms with E-state index in [-0.39, 0.29) is 24.3 Å². The van der Waals surface area contributed by atoms with Gasteiger partial charge < -0.3 is 24.7 Å². The van der Waals surface area contributed by atoms with Gasteiger partial charge in [-0.25, -0.2) is 4.98 Å². The zero-order valence-corrected chi connectivity index (χ0v) is 19.6.